The summed E-state index contributed by atoms with van der Waals surface area (Å²) in [4.78, 5) is 36.4. The Morgan fingerprint density at radius 1 is 0.338 bits per heavy atom. The zero-order chi connectivity index (χ0) is 48.2. The Kier molecular flexibility index (Phi) is 10.5. The monoisotopic (exact) mass is 892 g/mol. The Hall–Kier alpha value is -6.78. The van der Waals surface area contributed by atoms with E-state index in [1.165, 1.54) is 22.3 Å². The molecular weight excluding hydrogens is 829 g/mol. The van der Waals surface area contributed by atoms with Gasteiger partial charge in [0, 0.05) is 11.1 Å². The molecule has 0 N–H and O–H groups in total. The Labute approximate surface area is 403 Å². The van der Waals surface area contributed by atoms with Gasteiger partial charge in [0.2, 0.25) is 0 Å². The molecule has 0 bridgehead atoms. The first-order valence-electron chi connectivity index (χ1n) is 24.3. The SMILES string of the molecule is CC(C)(C)c1cc(CN2C(=O)C3=C(c4cc5ccccc5c5ccccc45)N(Cc4cc(C(C)(C)C)cc(C(C)(C)C)c4)C(=O)C3=C2c2cc3ccccc3c3ccccc23)cc(C(C)(C)C)c1. The van der Waals surface area contributed by atoms with Crippen molar-refractivity contribution in [3.8, 4) is 0 Å². The van der Waals surface area contributed by atoms with Gasteiger partial charge in [0.1, 0.15) is 0 Å². The molecule has 0 spiro atoms. The van der Waals surface area contributed by atoms with Crippen molar-refractivity contribution in [3.63, 3.8) is 0 Å². The fourth-order valence-electron chi connectivity index (χ4n) is 10.4. The standard InChI is InChI=1S/C64H64N2O2/c1-61(2,3)43-29-39(30-44(35-43)62(4,5)6)37-65-57(53-33-41-21-13-15-23-47(41)49-25-17-19-27-51(49)53)55-56(59(65)67)58(54-34-42-22-14-16-24-48(42)50-26-18-20-28-52(50)54)66(60(55)68)38-40-31-45(63(7,8)9)36-46(32-40)64(10,11)12/h13-36H,37-38H2,1-12H3. The zero-order valence-electron chi connectivity index (χ0n) is 42.0. The number of carbonyl (C=O) groups excluding carboxylic acids is 2. The third-order valence-corrected chi connectivity index (χ3v) is 14.4. The summed E-state index contributed by atoms with van der Waals surface area (Å²) >= 11 is 0. The summed E-state index contributed by atoms with van der Waals surface area (Å²) in [5.74, 6) is -0.319. The normalized spacial score (nSPS) is 15.1. The van der Waals surface area contributed by atoms with Crippen LogP contribution in [-0.2, 0) is 44.3 Å². The molecule has 0 aliphatic carbocycles. The lowest BCUT2D eigenvalue weighted by atomic mass is 9.79. The van der Waals surface area contributed by atoms with Gasteiger partial charge in [-0.2, -0.15) is 0 Å². The molecule has 342 valence electrons. The number of benzene rings is 8. The molecule has 0 fully saturated rings. The van der Waals surface area contributed by atoms with Crippen molar-refractivity contribution in [3.05, 3.63) is 201 Å². The highest BCUT2D eigenvalue weighted by molar-refractivity contribution is 6.32. The summed E-state index contributed by atoms with van der Waals surface area (Å²) in [6.07, 6.45) is 0. The van der Waals surface area contributed by atoms with E-state index < -0.39 is 0 Å². The first kappa shape index (κ1) is 45.0. The summed E-state index contributed by atoms with van der Waals surface area (Å²) < 4.78 is 0. The van der Waals surface area contributed by atoms with Gasteiger partial charge in [0.15, 0.2) is 0 Å². The molecule has 8 aromatic carbocycles. The third-order valence-electron chi connectivity index (χ3n) is 14.4. The smallest absolute Gasteiger partial charge is 0.261 e. The van der Waals surface area contributed by atoms with Crippen molar-refractivity contribution in [1.29, 1.82) is 0 Å². The highest BCUT2D eigenvalue weighted by Crippen LogP contribution is 2.51. The third kappa shape index (κ3) is 7.72. The first-order valence-corrected chi connectivity index (χ1v) is 24.3. The van der Waals surface area contributed by atoms with E-state index in [1.54, 1.807) is 0 Å². The predicted octanol–water partition coefficient (Wildman–Crippen LogP) is 15.7. The summed E-state index contributed by atoms with van der Waals surface area (Å²) in [7, 11) is 0. The number of hydrogen-bond acceptors (Lipinski definition) is 2. The second kappa shape index (κ2) is 15.9. The van der Waals surface area contributed by atoms with Crippen molar-refractivity contribution in [2.24, 2.45) is 0 Å². The highest BCUT2D eigenvalue weighted by atomic mass is 16.2. The van der Waals surface area contributed by atoms with Crippen LogP contribution in [0.2, 0.25) is 0 Å². The molecule has 0 unspecified atom stereocenters. The molecule has 2 heterocycles. The quantitative estimate of drug-likeness (QED) is 0.156. The van der Waals surface area contributed by atoms with E-state index in [-0.39, 0.29) is 33.5 Å². The number of rotatable bonds is 6. The molecule has 0 radical (unpaired) electrons. The lowest BCUT2D eigenvalue weighted by molar-refractivity contribution is -0.124. The summed E-state index contributed by atoms with van der Waals surface area (Å²) in [6.45, 7) is 27.6. The van der Waals surface area contributed by atoms with Crippen LogP contribution in [0, 0.1) is 0 Å². The van der Waals surface area contributed by atoms with Crippen LogP contribution in [0.25, 0.3) is 54.5 Å². The number of amides is 2. The lowest BCUT2D eigenvalue weighted by Crippen LogP contribution is -2.30. The Morgan fingerprint density at radius 3 is 0.926 bits per heavy atom. The molecule has 0 saturated heterocycles. The molecule has 10 rings (SSSR count). The summed E-state index contributed by atoms with van der Waals surface area (Å²) in [6, 6.07) is 52.0. The van der Waals surface area contributed by atoms with Crippen molar-refractivity contribution in [1.82, 2.24) is 9.80 Å². The molecule has 2 aliphatic rings. The average molecular weight is 893 g/mol. The Morgan fingerprint density at radius 2 is 0.618 bits per heavy atom. The first-order chi connectivity index (χ1) is 32.1. The molecule has 4 nitrogen and oxygen atoms in total. The van der Waals surface area contributed by atoms with Crippen LogP contribution in [0.1, 0.15) is 128 Å². The van der Waals surface area contributed by atoms with E-state index in [0.29, 0.717) is 35.6 Å². The summed E-state index contributed by atoms with van der Waals surface area (Å²) in [5.41, 5.74) is 10.5. The summed E-state index contributed by atoms with van der Waals surface area (Å²) in [5, 5.41) is 8.55. The van der Waals surface area contributed by atoms with Crippen molar-refractivity contribution >= 4 is 66.3 Å². The maximum Gasteiger partial charge on any atom is 0.261 e. The molecule has 0 atom stereocenters. The second-order valence-electron chi connectivity index (χ2n) is 23.4. The molecular formula is C64H64N2O2. The van der Waals surface area contributed by atoms with Crippen LogP contribution in [0.3, 0.4) is 0 Å². The van der Waals surface area contributed by atoms with Crippen LogP contribution in [0.15, 0.2) is 157 Å². The van der Waals surface area contributed by atoms with Crippen molar-refractivity contribution < 1.29 is 9.59 Å². The van der Waals surface area contributed by atoms with Gasteiger partial charge in [-0.05, 0) is 110 Å². The van der Waals surface area contributed by atoms with Gasteiger partial charge in [0.25, 0.3) is 11.8 Å². The van der Waals surface area contributed by atoms with Gasteiger partial charge in [0.05, 0.1) is 35.6 Å². The van der Waals surface area contributed by atoms with Gasteiger partial charge in [-0.1, -0.05) is 217 Å². The Balaban J connectivity index is 1.31. The maximum absolute atomic E-state index is 16.3. The molecule has 0 saturated carbocycles. The fourth-order valence-corrected chi connectivity index (χ4v) is 10.4. The average Bonchev–Trinajstić information content (AvgIpc) is 3.72. The van der Waals surface area contributed by atoms with Crippen LogP contribution >= 0.6 is 0 Å². The largest absolute Gasteiger partial charge is 0.302 e. The second-order valence-corrected chi connectivity index (χ2v) is 23.4. The van der Waals surface area contributed by atoms with Gasteiger partial charge >= 0.3 is 0 Å². The lowest BCUT2D eigenvalue weighted by Gasteiger charge is -2.30. The van der Waals surface area contributed by atoms with Gasteiger partial charge in [-0.25, -0.2) is 0 Å². The number of hydrogen-bond donors (Lipinski definition) is 0. The topological polar surface area (TPSA) is 40.6 Å². The Bertz CT molecular complexity index is 3180. The molecule has 68 heavy (non-hydrogen) atoms. The van der Waals surface area contributed by atoms with E-state index in [1.807, 2.05) is 9.80 Å². The van der Waals surface area contributed by atoms with Crippen molar-refractivity contribution in [2.75, 3.05) is 0 Å². The van der Waals surface area contributed by atoms with E-state index in [0.717, 1.165) is 65.3 Å². The van der Waals surface area contributed by atoms with Gasteiger partial charge in [-0.3, -0.25) is 9.59 Å². The van der Waals surface area contributed by atoms with E-state index in [2.05, 4.69) is 229 Å². The molecule has 0 aromatic heterocycles. The minimum atomic E-state index is -0.160. The zero-order valence-corrected chi connectivity index (χ0v) is 42.0. The highest BCUT2D eigenvalue weighted by Gasteiger charge is 2.50. The van der Waals surface area contributed by atoms with E-state index in [4.69, 9.17) is 0 Å². The number of carbonyl (C=O) groups is 2. The van der Waals surface area contributed by atoms with Crippen LogP contribution in [0.4, 0.5) is 0 Å². The minimum Gasteiger partial charge on any atom is -0.302 e. The molecule has 2 amide bonds. The maximum atomic E-state index is 16.3. The van der Waals surface area contributed by atoms with Crippen LogP contribution in [-0.4, -0.2) is 21.6 Å². The minimum absolute atomic E-state index is 0.127. The van der Waals surface area contributed by atoms with Gasteiger partial charge in [-0.15, -0.1) is 0 Å². The predicted molar refractivity (Wildman–Crippen MR) is 286 cm³/mol. The van der Waals surface area contributed by atoms with Crippen LogP contribution < -0.4 is 0 Å². The van der Waals surface area contributed by atoms with E-state index in [9.17, 15) is 0 Å². The van der Waals surface area contributed by atoms with E-state index >= 15 is 9.59 Å². The molecule has 4 heteroatoms. The number of nitrogens with zero attached hydrogens (tertiary/aromatic N) is 2. The van der Waals surface area contributed by atoms with Gasteiger partial charge < -0.3 is 9.80 Å². The fraction of sp³-hybridized carbons (Fsp3) is 0.281. The molecule has 2 aliphatic heterocycles. The van der Waals surface area contributed by atoms with Crippen LogP contribution in [0.5, 0.6) is 0 Å². The number of fused-ring (bicyclic) bond motifs is 7. The molecule has 8 aromatic rings. The van der Waals surface area contributed by atoms with Crippen molar-refractivity contribution in [2.45, 2.75) is 118 Å².